The van der Waals surface area contributed by atoms with Gasteiger partial charge in [0.1, 0.15) is 28.6 Å². The Hall–Kier alpha value is -4.61. The van der Waals surface area contributed by atoms with Gasteiger partial charge in [0.25, 0.3) is 0 Å². The quantitative estimate of drug-likeness (QED) is 0.0931. The fraction of sp³-hybridized carbons (Fsp3) is 0.514. The molecule has 3 rings (SSSR count). The molecule has 2 aromatic carbocycles. The van der Waals surface area contributed by atoms with Crippen molar-refractivity contribution in [2.45, 2.75) is 105 Å². The van der Waals surface area contributed by atoms with Crippen molar-refractivity contribution < 1.29 is 42.9 Å². The predicted molar refractivity (Wildman–Crippen MR) is 176 cm³/mol. The molecular formula is C35H46N2O10. The molecule has 0 fully saturated rings. The van der Waals surface area contributed by atoms with E-state index < -0.39 is 52.5 Å². The summed E-state index contributed by atoms with van der Waals surface area (Å²) in [5.41, 5.74) is -3.96. The van der Waals surface area contributed by atoms with Crippen molar-refractivity contribution >= 4 is 45.9 Å². The first-order valence-corrected chi connectivity index (χ1v) is 15.6. The Balaban J connectivity index is 2.01. The zero-order valence-corrected chi connectivity index (χ0v) is 28.7. The molecule has 12 nitrogen and oxygen atoms in total. The number of aliphatic carboxylic acids is 1. The number of hydrogen-bond donors (Lipinski definition) is 3. The van der Waals surface area contributed by atoms with E-state index in [0.29, 0.717) is 10.8 Å². The number of alkyl carbamates (subject to hydrolysis) is 2. The lowest BCUT2D eigenvalue weighted by Crippen LogP contribution is -2.53. The summed E-state index contributed by atoms with van der Waals surface area (Å²) in [5, 5.41) is 16.6. The standard InChI is InChI=1S/C35H46N2O10/c1-19(2)15-26(36-31(42)46-33(5,6)7)29(39)44-22-12-14-23-24-13-11-21(16-27(24)45-28(38)25(23)17-22)35(30(40)41,18-20(3)4)37-32(43)47-34(8,9)10/h11-14,16-17,19-20,26H,15,18H2,1-10H3,(H,36,42)(H,37,43)(H,40,41)/t26-,35+/m1/s1. The van der Waals surface area contributed by atoms with Gasteiger partial charge in [-0.15, -0.1) is 0 Å². The molecule has 0 aliphatic carbocycles. The monoisotopic (exact) mass is 654 g/mol. The average molecular weight is 655 g/mol. The Morgan fingerprint density at radius 2 is 1.40 bits per heavy atom. The van der Waals surface area contributed by atoms with Gasteiger partial charge in [0, 0.05) is 10.8 Å². The van der Waals surface area contributed by atoms with E-state index in [1.807, 2.05) is 27.7 Å². The van der Waals surface area contributed by atoms with E-state index >= 15 is 0 Å². The average Bonchev–Trinajstić information content (AvgIpc) is 2.89. The number of esters is 1. The molecule has 0 radical (unpaired) electrons. The highest BCUT2D eigenvalue weighted by atomic mass is 16.6. The molecule has 0 spiro atoms. The molecule has 1 heterocycles. The van der Waals surface area contributed by atoms with Crippen LogP contribution in [0.3, 0.4) is 0 Å². The summed E-state index contributed by atoms with van der Waals surface area (Å²) in [7, 11) is 0. The van der Waals surface area contributed by atoms with Gasteiger partial charge in [-0.05, 0) is 96.0 Å². The van der Waals surface area contributed by atoms with Crippen molar-refractivity contribution in [1.29, 1.82) is 0 Å². The highest BCUT2D eigenvalue weighted by Crippen LogP contribution is 2.34. The van der Waals surface area contributed by atoms with E-state index in [4.69, 9.17) is 18.6 Å². The number of carbonyl (C=O) groups excluding carboxylic acids is 3. The maximum absolute atomic E-state index is 13.2. The number of benzene rings is 2. The van der Waals surface area contributed by atoms with Crippen LogP contribution in [0.25, 0.3) is 21.7 Å². The largest absolute Gasteiger partial charge is 0.479 e. The Morgan fingerprint density at radius 1 is 0.809 bits per heavy atom. The smallest absolute Gasteiger partial charge is 0.408 e. The van der Waals surface area contributed by atoms with Crippen LogP contribution >= 0.6 is 0 Å². The van der Waals surface area contributed by atoms with Gasteiger partial charge in [-0.1, -0.05) is 39.8 Å². The lowest BCUT2D eigenvalue weighted by Gasteiger charge is -2.33. The maximum Gasteiger partial charge on any atom is 0.408 e. The number of ether oxygens (including phenoxy) is 3. The molecule has 0 aliphatic rings. The molecule has 2 amide bonds. The molecular weight excluding hydrogens is 608 g/mol. The molecule has 1 aromatic heterocycles. The van der Waals surface area contributed by atoms with Crippen LogP contribution in [0.5, 0.6) is 5.75 Å². The van der Waals surface area contributed by atoms with Crippen LogP contribution in [0.1, 0.15) is 87.6 Å². The Labute approximate surface area is 274 Å². The van der Waals surface area contributed by atoms with E-state index in [2.05, 4.69) is 10.6 Å². The normalized spacial score (nSPS) is 14.0. The molecule has 0 bridgehead atoms. The molecule has 3 N–H and O–H groups in total. The molecule has 0 saturated carbocycles. The Morgan fingerprint density at radius 3 is 1.96 bits per heavy atom. The number of hydrogen-bond acceptors (Lipinski definition) is 9. The van der Waals surface area contributed by atoms with E-state index in [-0.39, 0.29) is 47.0 Å². The summed E-state index contributed by atoms with van der Waals surface area (Å²) < 4.78 is 21.9. The van der Waals surface area contributed by atoms with Gasteiger partial charge in [0.2, 0.25) is 0 Å². The van der Waals surface area contributed by atoms with Crippen LogP contribution in [0, 0.1) is 11.8 Å². The minimum Gasteiger partial charge on any atom is -0.479 e. The number of carboxylic acids is 1. The van der Waals surface area contributed by atoms with Crippen molar-refractivity contribution in [2.75, 3.05) is 0 Å². The van der Waals surface area contributed by atoms with Crippen molar-refractivity contribution in [1.82, 2.24) is 10.6 Å². The predicted octanol–water partition coefficient (Wildman–Crippen LogP) is 6.64. The topological polar surface area (TPSA) is 170 Å². The lowest BCUT2D eigenvalue weighted by molar-refractivity contribution is -0.146. The molecule has 47 heavy (non-hydrogen) atoms. The fourth-order valence-electron chi connectivity index (χ4n) is 5.16. The van der Waals surface area contributed by atoms with Gasteiger partial charge >= 0.3 is 29.8 Å². The number of nitrogens with one attached hydrogen (secondary N) is 2. The second-order valence-electron chi connectivity index (χ2n) is 14.5. The van der Waals surface area contributed by atoms with E-state index in [1.165, 1.54) is 18.2 Å². The summed E-state index contributed by atoms with van der Waals surface area (Å²) >= 11 is 0. The summed E-state index contributed by atoms with van der Waals surface area (Å²) in [5.74, 6) is -2.08. The number of rotatable bonds is 10. The number of carbonyl (C=O) groups is 4. The maximum atomic E-state index is 13.2. The Bertz CT molecular complexity index is 1710. The third-order valence-corrected chi connectivity index (χ3v) is 6.87. The van der Waals surface area contributed by atoms with Crippen molar-refractivity contribution in [2.24, 2.45) is 11.8 Å². The highest BCUT2D eigenvalue weighted by molar-refractivity contribution is 6.05. The van der Waals surface area contributed by atoms with Gasteiger partial charge < -0.3 is 34.4 Å². The second-order valence-corrected chi connectivity index (χ2v) is 14.5. The van der Waals surface area contributed by atoms with E-state index in [0.717, 1.165) is 0 Å². The molecule has 0 unspecified atom stereocenters. The van der Waals surface area contributed by atoms with Gasteiger partial charge in [-0.2, -0.15) is 0 Å². The molecule has 256 valence electrons. The summed E-state index contributed by atoms with van der Waals surface area (Å²) in [6.07, 6.45) is -1.34. The third kappa shape index (κ3) is 9.69. The van der Waals surface area contributed by atoms with Gasteiger partial charge in [-0.3, -0.25) is 0 Å². The summed E-state index contributed by atoms with van der Waals surface area (Å²) in [4.78, 5) is 64.3. The molecule has 0 aliphatic heterocycles. The highest BCUT2D eigenvalue weighted by Gasteiger charge is 2.44. The third-order valence-electron chi connectivity index (χ3n) is 6.87. The number of fused-ring (bicyclic) bond motifs is 3. The first kappa shape index (κ1) is 36.9. The Kier molecular flexibility index (Phi) is 11.0. The first-order chi connectivity index (χ1) is 21.6. The first-order valence-electron chi connectivity index (χ1n) is 15.6. The number of carboxylic acid groups (broad SMARTS) is 1. The van der Waals surface area contributed by atoms with Crippen molar-refractivity contribution in [3.63, 3.8) is 0 Å². The van der Waals surface area contributed by atoms with Crippen LogP contribution in [0.15, 0.2) is 45.6 Å². The molecule has 12 heteroatoms. The molecule has 3 aromatic rings. The van der Waals surface area contributed by atoms with Gasteiger partial charge in [0.05, 0.1) is 5.39 Å². The lowest BCUT2D eigenvalue weighted by atomic mass is 9.82. The van der Waals surface area contributed by atoms with Crippen LogP contribution in [-0.4, -0.2) is 46.5 Å². The van der Waals surface area contributed by atoms with Gasteiger partial charge in [-0.25, -0.2) is 24.0 Å². The van der Waals surface area contributed by atoms with Crippen LogP contribution < -0.4 is 21.0 Å². The zero-order chi connectivity index (χ0) is 35.5. The summed E-state index contributed by atoms with van der Waals surface area (Å²) in [6.45, 7) is 17.6. The minimum absolute atomic E-state index is 0.0280. The zero-order valence-electron chi connectivity index (χ0n) is 28.7. The second kappa shape index (κ2) is 14.0. The minimum atomic E-state index is -1.88. The van der Waals surface area contributed by atoms with Crippen LogP contribution in [0.2, 0.25) is 0 Å². The fourth-order valence-corrected chi connectivity index (χ4v) is 5.16. The van der Waals surface area contributed by atoms with Crippen LogP contribution in [-0.2, 0) is 24.6 Å². The van der Waals surface area contributed by atoms with Gasteiger partial charge in [0.15, 0.2) is 5.54 Å². The van der Waals surface area contributed by atoms with Crippen molar-refractivity contribution in [3.05, 3.63) is 52.4 Å². The van der Waals surface area contributed by atoms with E-state index in [1.54, 1.807) is 59.7 Å². The SMILES string of the molecule is CC(C)C[C@@H](NC(=O)OC(C)(C)C)C(=O)Oc1ccc2c(c1)c(=O)oc1cc([C@](CC(C)C)(NC(=O)OC(C)(C)C)C(=O)O)ccc12. The summed E-state index contributed by atoms with van der Waals surface area (Å²) in [6, 6.07) is 8.07. The van der Waals surface area contributed by atoms with Crippen LogP contribution in [0.4, 0.5) is 9.59 Å². The van der Waals surface area contributed by atoms with E-state index in [9.17, 15) is 29.1 Å². The molecule has 0 saturated heterocycles. The molecule has 2 atom stereocenters. The van der Waals surface area contributed by atoms with Crippen molar-refractivity contribution in [3.8, 4) is 5.75 Å². The number of amides is 2.